The summed E-state index contributed by atoms with van der Waals surface area (Å²) in [6.07, 6.45) is 8.76. The van der Waals surface area contributed by atoms with Crippen molar-refractivity contribution in [3.05, 3.63) is 0 Å². The van der Waals surface area contributed by atoms with E-state index in [-0.39, 0.29) is 5.54 Å². The average molecular weight is 293 g/mol. The van der Waals surface area contributed by atoms with Gasteiger partial charge in [0.1, 0.15) is 5.54 Å². The number of hydrogen-bond donors (Lipinski definition) is 1. The highest BCUT2D eigenvalue weighted by molar-refractivity contribution is 5.04. The summed E-state index contributed by atoms with van der Waals surface area (Å²) < 4.78 is 0. The molecule has 0 aromatic heterocycles. The molecule has 1 fully saturated rings. The predicted octanol–water partition coefficient (Wildman–Crippen LogP) is 3.95. The lowest BCUT2D eigenvalue weighted by Gasteiger charge is -2.34. The van der Waals surface area contributed by atoms with E-state index in [0.717, 1.165) is 24.8 Å². The van der Waals surface area contributed by atoms with Crippen molar-refractivity contribution < 1.29 is 0 Å². The number of hydrogen-bond acceptors (Lipinski definition) is 3. The molecule has 1 aliphatic carbocycles. The third kappa shape index (κ3) is 6.80. The van der Waals surface area contributed by atoms with E-state index < -0.39 is 0 Å². The Balaban J connectivity index is 2.22. The molecular weight excluding hydrogens is 258 g/mol. The van der Waals surface area contributed by atoms with Crippen molar-refractivity contribution in [2.24, 2.45) is 5.92 Å². The number of unbranched alkanes of at least 4 members (excludes halogenated alkanes) is 1. The molecule has 1 unspecified atom stereocenters. The summed E-state index contributed by atoms with van der Waals surface area (Å²) in [6.45, 7) is 9.78. The molecule has 122 valence electrons. The van der Waals surface area contributed by atoms with Crippen LogP contribution in [0.3, 0.4) is 0 Å². The first-order chi connectivity index (χ1) is 9.86. The lowest BCUT2D eigenvalue weighted by molar-refractivity contribution is 0.166. The molecule has 0 saturated heterocycles. The summed E-state index contributed by atoms with van der Waals surface area (Å²) in [5.74, 6) is 0.924. The Morgan fingerprint density at radius 2 is 1.86 bits per heavy atom. The van der Waals surface area contributed by atoms with E-state index >= 15 is 0 Å². The second-order valence-corrected chi connectivity index (χ2v) is 7.59. The van der Waals surface area contributed by atoms with Gasteiger partial charge in [0.25, 0.3) is 0 Å². The van der Waals surface area contributed by atoms with Crippen LogP contribution in [0, 0.1) is 17.2 Å². The standard InChI is InChI=1S/C18H35N3/c1-15(2)20-18(4,14-19)12-6-7-13-21(5)17-10-8-16(3)9-11-17/h15-17,20H,6-13H2,1-5H3. The monoisotopic (exact) mass is 293 g/mol. The van der Waals surface area contributed by atoms with Gasteiger partial charge in [0.2, 0.25) is 0 Å². The van der Waals surface area contributed by atoms with E-state index in [2.05, 4.69) is 44.1 Å². The summed E-state index contributed by atoms with van der Waals surface area (Å²) in [5, 5.41) is 12.7. The fraction of sp³-hybridized carbons (Fsp3) is 0.944. The van der Waals surface area contributed by atoms with Gasteiger partial charge in [0.15, 0.2) is 0 Å². The van der Waals surface area contributed by atoms with Crippen molar-refractivity contribution in [2.45, 2.75) is 90.3 Å². The van der Waals surface area contributed by atoms with Crippen molar-refractivity contribution >= 4 is 0 Å². The maximum Gasteiger partial charge on any atom is 0.104 e. The highest BCUT2D eigenvalue weighted by Crippen LogP contribution is 2.26. The smallest absolute Gasteiger partial charge is 0.104 e. The number of nitriles is 1. The third-order valence-electron chi connectivity index (χ3n) is 4.90. The average Bonchev–Trinajstić information content (AvgIpc) is 2.43. The maximum absolute atomic E-state index is 9.35. The second-order valence-electron chi connectivity index (χ2n) is 7.59. The van der Waals surface area contributed by atoms with Crippen LogP contribution >= 0.6 is 0 Å². The predicted molar refractivity (Wildman–Crippen MR) is 90.2 cm³/mol. The Labute approximate surface area is 132 Å². The van der Waals surface area contributed by atoms with Gasteiger partial charge >= 0.3 is 0 Å². The molecule has 0 heterocycles. The van der Waals surface area contributed by atoms with Crippen LogP contribution in [0.25, 0.3) is 0 Å². The van der Waals surface area contributed by atoms with Crippen molar-refractivity contribution in [3.8, 4) is 6.07 Å². The maximum atomic E-state index is 9.35. The first-order valence-corrected chi connectivity index (χ1v) is 8.75. The summed E-state index contributed by atoms with van der Waals surface area (Å²) in [4.78, 5) is 2.55. The van der Waals surface area contributed by atoms with Gasteiger partial charge in [-0.25, -0.2) is 0 Å². The molecule has 0 aromatic rings. The van der Waals surface area contributed by atoms with Crippen LogP contribution in [0.1, 0.15) is 72.6 Å². The van der Waals surface area contributed by atoms with Gasteiger partial charge in [-0.2, -0.15) is 5.26 Å². The zero-order valence-electron chi connectivity index (χ0n) is 14.8. The molecule has 1 N–H and O–H groups in total. The lowest BCUT2D eigenvalue weighted by atomic mass is 9.86. The van der Waals surface area contributed by atoms with Gasteiger partial charge in [-0.1, -0.05) is 6.92 Å². The van der Waals surface area contributed by atoms with Crippen LogP contribution < -0.4 is 5.32 Å². The Kier molecular flexibility index (Phi) is 7.70. The van der Waals surface area contributed by atoms with Crippen molar-refractivity contribution in [1.82, 2.24) is 10.2 Å². The molecule has 0 spiro atoms. The first kappa shape index (κ1) is 18.5. The van der Waals surface area contributed by atoms with E-state index in [1.807, 2.05) is 6.92 Å². The SMILES string of the molecule is CC1CCC(N(C)CCCCC(C)(C#N)NC(C)C)CC1. The number of nitrogens with one attached hydrogen (secondary N) is 1. The number of rotatable bonds is 8. The van der Waals surface area contributed by atoms with Crippen molar-refractivity contribution in [1.29, 1.82) is 5.26 Å². The van der Waals surface area contributed by atoms with Gasteiger partial charge in [-0.05, 0) is 85.2 Å². The van der Waals surface area contributed by atoms with Crippen LogP contribution in [0.15, 0.2) is 0 Å². The van der Waals surface area contributed by atoms with E-state index in [0.29, 0.717) is 6.04 Å². The zero-order valence-corrected chi connectivity index (χ0v) is 14.8. The molecule has 0 radical (unpaired) electrons. The first-order valence-electron chi connectivity index (χ1n) is 8.75. The quantitative estimate of drug-likeness (QED) is 0.689. The van der Waals surface area contributed by atoms with Gasteiger partial charge in [0.05, 0.1) is 6.07 Å². The van der Waals surface area contributed by atoms with Crippen molar-refractivity contribution in [2.75, 3.05) is 13.6 Å². The highest BCUT2D eigenvalue weighted by Gasteiger charge is 2.24. The van der Waals surface area contributed by atoms with Gasteiger partial charge < -0.3 is 4.90 Å². The van der Waals surface area contributed by atoms with Gasteiger partial charge in [-0.15, -0.1) is 0 Å². The lowest BCUT2D eigenvalue weighted by Crippen LogP contribution is -2.45. The minimum Gasteiger partial charge on any atom is -0.303 e. The minimum atomic E-state index is -0.368. The topological polar surface area (TPSA) is 39.1 Å². The van der Waals surface area contributed by atoms with Crippen LogP contribution in [0.4, 0.5) is 0 Å². The largest absolute Gasteiger partial charge is 0.303 e. The fourth-order valence-corrected chi connectivity index (χ4v) is 3.50. The molecule has 0 amide bonds. The Bertz CT molecular complexity index is 326. The molecule has 1 saturated carbocycles. The van der Waals surface area contributed by atoms with Crippen LogP contribution in [-0.4, -0.2) is 36.1 Å². The Hall–Kier alpha value is -0.590. The van der Waals surface area contributed by atoms with Crippen LogP contribution in [0.2, 0.25) is 0 Å². The Morgan fingerprint density at radius 3 is 2.38 bits per heavy atom. The highest BCUT2D eigenvalue weighted by atomic mass is 15.1. The van der Waals surface area contributed by atoms with Gasteiger partial charge in [0, 0.05) is 12.1 Å². The third-order valence-corrected chi connectivity index (χ3v) is 4.90. The Morgan fingerprint density at radius 1 is 1.24 bits per heavy atom. The van der Waals surface area contributed by atoms with E-state index in [1.54, 1.807) is 0 Å². The fourth-order valence-electron chi connectivity index (χ4n) is 3.50. The molecule has 3 heteroatoms. The summed E-state index contributed by atoms with van der Waals surface area (Å²) >= 11 is 0. The minimum absolute atomic E-state index is 0.363. The molecule has 1 rings (SSSR count). The zero-order chi connectivity index (χ0) is 15.9. The van der Waals surface area contributed by atoms with Crippen molar-refractivity contribution in [3.63, 3.8) is 0 Å². The summed E-state index contributed by atoms with van der Waals surface area (Å²) in [7, 11) is 2.27. The molecule has 1 atom stereocenters. The van der Waals surface area contributed by atoms with E-state index in [9.17, 15) is 5.26 Å². The van der Waals surface area contributed by atoms with E-state index in [4.69, 9.17) is 0 Å². The van der Waals surface area contributed by atoms with Gasteiger partial charge in [-0.3, -0.25) is 5.32 Å². The molecule has 1 aliphatic rings. The molecular formula is C18H35N3. The summed E-state index contributed by atoms with van der Waals surface area (Å²) in [5.41, 5.74) is -0.368. The number of nitrogens with zero attached hydrogens (tertiary/aromatic N) is 2. The van der Waals surface area contributed by atoms with Crippen LogP contribution in [0.5, 0.6) is 0 Å². The molecule has 0 aliphatic heterocycles. The summed E-state index contributed by atoms with van der Waals surface area (Å²) in [6, 6.07) is 3.59. The molecule has 21 heavy (non-hydrogen) atoms. The molecule has 0 aromatic carbocycles. The second kappa shape index (κ2) is 8.76. The molecule has 3 nitrogen and oxygen atoms in total. The molecule has 0 bridgehead atoms. The normalized spacial score (nSPS) is 25.8. The van der Waals surface area contributed by atoms with Crippen LogP contribution in [-0.2, 0) is 0 Å². The van der Waals surface area contributed by atoms with E-state index in [1.165, 1.54) is 38.6 Å².